The van der Waals surface area contributed by atoms with E-state index in [9.17, 15) is 9.18 Å². The zero-order chi connectivity index (χ0) is 12.0. The average Bonchev–Trinajstić information content (AvgIpc) is 2.28. The molecule has 0 aromatic heterocycles. The minimum Gasteiger partial charge on any atom is -0.353 e. The number of hydrogen-bond donors (Lipinski definition) is 1. The van der Waals surface area contributed by atoms with E-state index < -0.39 is 0 Å². The largest absolute Gasteiger partial charge is 0.353 e. The van der Waals surface area contributed by atoms with Crippen LogP contribution in [-0.2, 0) is 4.79 Å². The fourth-order valence-corrected chi connectivity index (χ4v) is 1.81. The Morgan fingerprint density at radius 3 is 2.62 bits per heavy atom. The summed E-state index contributed by atoms with van der Waals surface area (Å²) in [5.41, 5.74) is 0. The Bertz CT molecular complexity index is 339. The van der Waals surface area contributed by atoms with Crippen molar-refractivity contribution in [2.45, 2.75) is 31.2 Å². The van der Waals surface area contributed by atoms with Crippen LogP contribution in [0.1, 0.15) is 20.3 Å². The first kappa shape index (κ1) is 13.0. The van der Waals surface area contributed by atoms with Gasteiger partial charge >= 0.3 is 0 Å². The first-order chi connectivity index (χ1) is 7.61. The molecule has 0 spiro atoms. The minimum atomic E-state index is -0.256. The summed E-state index contributed by atoms with van der Waals surface area (Å²) in [6.45, 7) is 4.00. The molecule has 88 valence electrons. The van der Waals surface area contributed by atoms with E-state index in [2.05, 4.69) is 5.32 Å². The molecule has 0 bridgehead atoms. The molecule has 0 heterocycles. The molecule has 1 N–H and O–H groups in total. The predicted molar refractivity (Wildman–Crippen MR) is 65.0 cm³/mol. The second-order valence-corrected chi connectivity index (χ2v) is 4.67. The highest BCUT2D eigenvalue weighted by molar-refractivity contribution is 8.00. The third-order valence-electron chi connectivity index (χ3n) is 2.20. The maximum Gasteiger partial charge on any atom is 0.230 e. The molecule has 0 saturated heterocycles. The van der Waals surface area contributed by atoms with Gasteiger partial charge in [-0.25, -0.2) is 4.39 Å². The van der Waals surface area contributed by atoms with Crippen molar-refractivity contribution in [2.75, 3.05) is 5.75 Å². The van der Waals surface area contributed by atoms with Gasteiger partial charge in [0, 0.05) is 10.9 Å². The van der Waals surface area contributed by atoms with Gasteiger partial charge in [-0.05, 0) is 37.6 Å². The van der Waals surface area contributed by atoms with E-state index >= 15 is 0 Å². The van der Waals surface area contributed by atoms with Gasteiger partial charge in [0.1, 0.15) is 5.82 Å². The first-order valence-corrected chi connectivity index (χ1v) is 6.28. The smallest absolute Gasteiger partial charge is 0.230 e. The van der Waals surface area contributed by atoms with Crippen LogP contribution in [-0.4, -0.2) is 17.7 Å². The summed E-state index contributed by atoms with van der Waals surface area (Å²) in [6.07, 6.45) is 0.924. The molecule has 1 atom stereocenters. The Labute approximate surface area is 99.6 Å². The molecule has 4 heteroatoms. The van der Waals surface area contributed by atoms with Crippen molar-refractivity contribution < 1.29 is 9.18 Å². The molecule has 1 aromatic rings. The van der Waals surface area contributed by atoms with Gasteiger partial charge in [-0.3, -0.25) is 4.79 Å². The Morgan fingerprint density at radius 1 is 1.44 bits per heavy atom. The fourth-order valence-electron chi connectivity index (χ4n) is 1.10. The van der Waals surface area contributed by atoms with Crippen molar-refractivity contribution in [2.24, 2.45) is 0 Å². The summed E-state index contributed by atoms with van der Waals surface area (Å²) < 4.78 is 12.6. The highest BCUT2D eigenvalue weighted by atomic mass is 32.2. The summed E-state index contributed by atoms with van der Waals surface area (Å²) in [7, 11) is 0. The lowest BCUT2D eigenvalue weighted by molar-refractivity contribution is -0.119. The van der Waals surface area contributed by atoms with E-state index in [4.69, 9.17) is 0 Å². The Kier molecular flexibility index (Phi) is 5.32. The number of benzene rings is 1. The molecular weight excluding hydrogens is 225 g/mol. The standard InChI is InChI=1S/C12H16FNOS/c1-3-9(2)14-12(15)8-16-11-6-4-10(13)5-7-11/h4-7,9H,3,8H2,1-2H3,(H,14,15). The Hall–Kier alpha value is -1.03. The van der Waals surface area contributed by atoms with Crippen molar-refractivity contribution in [3.05, 3.63) is 30.1 Å². The number of nitrogens with one attached hydrogen (secondary N) is 1. The van der Waals surface area contributed by atoms with Crippen molar-refractivity contribution in [1.82, 2.24) is 5.32 Å². The number of halogens is 1. The van der Waals surface area contributed by atoms with E-state index in [0.29, 0.717) is 5.75 Å². The normalized spacial score (nSPS) is 12.2. The summed E-state index contributed by atoms with van der Waals surface area (Å²) >= 11 is 1.41. The molecule has 1 aromatic carbocycles. The van der Waals surface area contributed by atoms with Crippen LogP contribution in [0.2, 0.25) is 0 Å². The Balaban J connectivity index is 2.34. The predicted octanol–water partition coefficient (Wildman–Crippen LogP) is 2.83. The van der Waals surface area contributed by atoms with Gasteiger partial charge in [-0.1, -0.05) is 6.92 Å². The maximum absolute atomic E-state index is 12.6. The fraction of sp³-hybridized carbons (Fsp3) is 0.417. The van der Waals surface area contributed by atoms with E-state index in [1.54, 1.807) is 12.1 Å². The molecule has 16 heavy (non-hydrogen) atoms. The summed E-state index contributed by atoms with van der Waals surface area (Å²) in [5.74, 6) is 0.132. The molecule has 0 fully saturated rings. The van der Waals surface area contributed by atoms with Crippen LogP contribution in [0.3, 0.4) is 0 Å². The number of carbonyl (C=O) groups is 1. The van der Waals surface area contributed by atoms with E-state index in [1.165, 1.54) is 23.9 Å². The third-order valence-corrected chi connectivity index (χ3v) is 3.22. The maximum atomic E-state index is 12.6. The monoisotopic (exact) mass is 241 g/mol. The van der Waals surface area contributed by atoms with Crippen molar-refractivity contribution in [3.8, 4) is 0 Å². The van der Waals surface area contributed by atoms with Crippen LogP contribution in [0.15, 0.2) is 29.2 Å². The molecule has 1 amide bonds. The van der Waals surface area contributed by atoms with E-state index in [0.717, 1.165) is 11.3 Å². The van der Waals surface area contributed by atoms with Crippen LogP contribution in [0.5, 0.6) is 0 Å². The first-order valence-electron chi connectivity index (χ1n) is 5.29. The highest BCUT2D eigenvalue weighted by Gasteiger charge is 2.05. The summed E-state index contributed by atoms with van der Waals surface area (Å²) in [6, 6.07) is 6.36. The zero-order valence-electron chi connectivity index (χ0n) is 9.50. The van der Waals surface area contributed by atoms with Crippen LogP contribution < -0.4 is 5.32 Å². The van der Waals surface area contributed by atoms with Crippen LogP contribution >= 0.6 is 11.8 Å². The lowest BCUT2D eigenvalue weighted by Gasteiger charge is -2.10. The van der Waals surface area contributed by atoms with Gasteiger partial charge in [0.2, 0.25) is 5.91 Å². The minimum absolute atomic E-state index is 0.0173. The van der Waals surface area contributed by atoms with E-state index in [-0.39, 0.29) is 17.8 Å². The van der Waals surface area contributed by atoms with Crippen LogP contribution in [0, 0.1) is 5.82 Å². The zero-order valence-corrected chi connectivity index (χ0v) is 10.3. The van der Waals surface area contributed by atoms with Gasteiger partial charge < -0.3 is 5.32 Å². The molecule has 0 aliphatic rings. The Morgan fingerprint density at radius 2 is 2.06 bits per heavy atom. The van der Waals surface area contributed by atoms with Crippen LogP contribution in [0.4, 0.5) is 4.39 Å². The molecular formula is C12H16FNOS. The second kappa shape index (κ2) is 6.53. The SMILES string of the molecule is CCC(C)NC(=O)CSc1ccc(F)cc1. The van der Waals surface area contributed by atoms with Crippen molar-refractivity contribution in [3.63, 3.8) is 0 Å². The van der Waals surface area contributed by atoms with Gasteiger partial charge in [0.15, 0.2) is 0 Å². The van der Waals surface area contributed by atoms with Gasteiger partial charge in [-0.15, -0.1) is 11.8 Å². The molecule has 2 nitrogen and oxygen atoms in total. The number of carbonyl (C=O) groups excluding carboxylic acids is 1. The third kappa shape index (κ3) is 4.66. The lowest BCUT2D eigenvalue weighted by Crippen LogP contribution is -2.33. The van der Waals surface area contributed by atoms with Gasteiger partial charge in [-0.2, -0.15) is 0 Å². The molecule has 0 saturated carbocycles. The van der Waals surface area contributed by atoms with Crippen molar-refractivity contribution >= 4 is 17.7 Å². The summed E-state index contributed by atoms with van der Waals surface area (Å²) in [5, 5.41) is 2.88. The molecule has 0 aliphatic heterocycles. The van der Waals surface area contributed by atoms with Gasteiger partial charge in [0.05, 0.1) is 5.75 Å². The second-order valence-electron chi connectivity index (χ2n) is 3.62. The van der Waals surface area contributed by atoms with E-state index in [1.807, 2.05) is 13.8 Å². The lowest BCUT2D eigenvalue weighted by atomic mass is 10.3. The van der Waals surface area contributed by atoms with Crippen molar-refractivity contribution in [1.29, 1.82) is 0 Å². The topological polar surface area (TPSA) is 29.1 Å². The quantitative estimate of drug-likeness (QED) is 0.803. The highest BCUT2D eigenvalue weighted by Crippen LogP contribution is 2.17. The molecule has 1 unspecified atom stereocenters. The number of rotatable bonds is 5. The number of thioether (sulfide) groups is 1. The number of amides is 1. The van der Waals surface area contributed by atoms with Crippen LogP contribution in [0.25, 0.3) is 0 Å². The molecule has 0 radical (unpaired) electrons. The van der Waals surface area contributed by atoms with Gasteiger partial charge in [0.25, 0.3) is 0 Å². The number of hydrogen-bond acceptors (Lipinski definition) is 2. The average molecular weight is 241 g/mol. The summed E-state index contributed by atoms with van der Waals surface area (Å²) in [4.78, 5) is 12.4. The molecule has 1 rings (SSSR count). The molecule has 0 aliphatic carbocycles.